The fourth-order valence-corrected chi connectivity index (χ4v) is 13.0. The monoisotopic (exact) mass is 1220 g/mol. The number of unbranched alkanes of at least 4 members (excludes halogenated alkanes) is 23. The maximum Gasteiger partial charge on any atom is 0.306 e. The van der Waals surface area contributed by atoms with Gasteiger partial charge in [0.2, 0.25) is 5.91 Å². The summed E-state index contributed by atoms with van der Waals surface area (Å²) in [6.07, 6.45) is 44.8. The number of esters is 3. The first kappa shape index (κ1) is 76.6. The molecule has 0 saturated heterocycles. The normalized spacial score (nSPS) is 12.8. The Morgan fingerprint density at radius 2 is 0.802 bits per heavy atom. The lowest BCUT2D eigenvalue weighted by atomic mass is 10.1. The van der Waals surface area contributed by atoms with E-state index in [0.717, 1.165) is 207 Å². The fourth-order valence-electron chi connectivity index (χ4n) is 11.8. The molecule has 0 aliphatic heterocycles. The van der Waals surface area contributed by atoms with Gasteiger partial charge in [-0.1, -0.05) is 189 Å². The lowest BCUT2D eigenvalue weighted by Crippen LogP contribution is -2.32. The number of pyridine rings is 1. The predicted molar refractivity (Wildman–Crippen MR) is 363 cm³/mol. The summed E-state index contributed by atoms with van der Waals surface area (Å²) in [5.41, 5.74) is 1.69. The van der Waals surface area contributed by atoms with Crippen LogP contribution in [0.4, 0.5) is 5.82 Å². The highest BCUT2D eigenvalue weighted by Crippen LogP contribution is 2.34. The third-order valence-corrected chi connectivity index (χ3v) is 18.4. The fraction of sp³-hybridized carbons (Fsp3) is 0.808. The van der Waals surface area contributed by atoms with Gasteiger partial charge in [-0.2, -0.15) is 0 Å². The summed E-state index contributed by atoms with van der Waals surface area (Å²) in [5, 5.41) is 5.34. The molecule has 1 N–H and O–H groups in total. The van der Waals surface area contributed by atoms with Crippen LogP contribution in [0, 0.1) is 0 Å². The molecule has 3 rings (SSSR count). The summed E-state index contributed by atoms with van der Waals surface area (Å²) >= 11 is 1.72. The van der Waals surface area contributed by atoms with Gasteiger partial charge in [0.25, 0.3) is 0 Å². The van der Waals surface area contributed by atoms with Gasteiger partial charge in [0.05, 0.1) is 15.2 Å². The van der Waals surface area contributed by atoms with Crippen molar-refractivity contribution in [2.75, 3.05) is 44.6 Å². The van der Waals surface area contributed by atoms with Crippen LogP contribution >= 0.6 is 11.3 Å². The van der Waals surface area contributed by atoms with E-state index >= 15 is 0 Å². The van der Waals surface area contributed by atoms with E-state index in [0.29, 0.717) is 31.5 Å². The van der Waals surface area contributed by atoms with Crippen LogP contribution in [0.3, 0.4) is 0 Å². The van der Waals surface area contributed by atoms with Gasteiger partial charge in [-0.3, -0.25) is 19.2 Å². The van der Waals surface area contributed by atoms with Crippen LogP contribution < -0.4 is 5.32 Å². The summed E-state index contributed by atoms with van der Waals surface area (Å²) < 4.78 is 18.6. The molecule has 0 bridgehead atoms. The highest BCUT2D eigenvalue weighted by molar-refractivity contribution is 7.19. The smallest absolute Gasteiger partial charge is 0.306 e. The first-order valence-corrected chi connectivity index (χ1v) is 36.9. The number of thiazole rings is 1. The Bertz CT molecular complexity index is 2140. The third kappa shape index (κ3) is 36.1. The van der Waals surface area contributed by atoms with E-state index in [9.17, 15) is 19.2 Å². The molecule has 13 heteroatoms. The van der Waals surface area contributed by atoms with Crippen molar-refractivity contribution < 1.29 is 33.4 Å². The molecule has 0 spiro atoms. The SMILES string of the molecule is CCCCCC(CC)OC(=O)CCCCCCCCN(CCCCCCCCC(=O)OC(CC)CCCCC)CCCN(CCCCCCCCC(=O)OC(CC)CCCCC)CCCCCC(=O)Nc1nc2ccccc2c2sc(CCC)nc12. The maximum atomic E-state index is 13.5. The van der Waals surface area contributed by atoms with Gasteiger partial charge in [-0.25, -0.2) is 9.97 Å². The van der Waals surface area contributed by atoms with Crippen LogP contribution in [0.1, 0.15) is 323 Å². The number of carbonyl (C=O) groups excluding carboxylic acids is 4. The Kier molecular flexibility index (Phi) is 45.5. The number of fused-ring (bicyclic) bond motifs is 3. The van der Waals surface area contributed by atoms with E-state index in [1.807, 2.05) is 18.2 Å². The zero-order valence-corrected chi connectivity index (χ0v) is 57.1. The minimum absolute atomic E-state index is 0.00601. The van der Waals surface area contributed by atoms with Gasteiger partial charge in [-0.15, -0.1) is 11.3 Å². The van der Waals surface area contributed by atoms with Crippen molar-refractivity contribution in [3.8, 4) is 0 Å². The largest absolute Gasteiger partial charge is 0.462 e. The van der Waals surface area contributed by atoms with Crippen LogP contribution in [-0.4, -0.2) is 101 Å². The molecule has 12 nitrogen and oxygen atoms in total. The van der Waals surface area contributed by atoms with Crippen molar-refractivity contribution in [1.29, 1.82) is 0 Å². The molecule has 0 radical (unpaired) electrons. The van der Waals surface area contributed by atoms with Crippen LogP contribution in [0.5, 0.6) is 0 Å². The molecule has 1 amide bonds. The molecule has 492 valence electrons. The molecule has 0 fully saturated rings. The minimum atomic E-state index is -0.0239. The number of hydrogen-bond acceptors (Lipinski definition) is 12. The second-order valence-electron chi connectivity index (χ2n) is 25.1. The predicted octanol–water partition coefficient (Wildman–Crippen LogP) is 20.2. The Morgan fingerprint density at radius 1 is 0.430 bits per heavy atom. The van der Waals surface area contributed by atoms with E-state index in [1.54, 1.807) is 11.3 Å². The van der Waals surface area contributed by atoms with Gasteiger partial charge in [-0.05, 0) is 174 Å². The molecule has 86 heavy (non-hydrogen) atoms. The van der Waals surface area contributed by atoms with E-state index in [1.165, 1.54) is 109 Å². The van der Waals surface area contributed by atoms with Crippen molar-refractivity contribution >= 4 is 62.1 Å². The van der Waals surface area contributed by atoms with Crippen molar-refractivity contribution in [3.05, 3.63) is 29.3 Å². The van der Waals surface area contributed by atoms with Gasteiger partial charge in [0, 0.05) is 31.1 Å². The summed E-state index contributed by atoms with van der Waals surface area (Å²) in [7, 11) is 0. The molecule has 0 aliphatic rings. The minimum Gasteiger partial charge on any atom is -0.462 e. The van der Waals surface area contributed by atoms with E-state index in [4.69, 9.17) is 24.2 Å². The highest BCUT2D eigenvalue weighted by Gasteiger charge is 2.18. The summed E-state index contributed by atoms with van der Waals surface area (Å²) in [6, 6.07) is 8.16. The van der Waals surface area contributed by atoms with Crippen molar-refractivity contribution in [3.63, 3.8) is 0 Å². The molecular formula is C73H127N5O7S. The molecule has 2 heterocycles. The molecule has 3 unspecified atom stereocenters. The molecule has 3 atom stereocenters. The zero-order valence-electron chi connectivity index (χ0n) is 56.2. The number of benzene rings is 1. The van der Waals surface area contributed by atoms with E-state index in [-0.39, 0.29) is 42.1 Å². The second kappa shape index (κ2) is 51.1. The topological polar surface area (TPSA) is 140 Å². The standard InChI is InChI=1S/C73H127N5O7S/c1-8-15-31-46-61(12-5)83-68(80)52-35-24-18-21-27-40-55-77(56-41-28-22-19-25-36-53-69(81)84-62(13-6)47-32-16-9-2)59-44-60-78(57-42-29-23-20-26-37-54-70(82)85-63(14-7)48-33-17-10-3)58-43-30-34-51-66(79)75-73-71-72(86-67(76-71)45-11-4)64-49-38-39-50-65(64)74-73/h38-39,49-50,61-63H,8-37,40-48,51-60H2,1-7H3,(H,74,75,79). The van der Waals surface area contributed by atoms with Crippen LogP contribution in [0.15, 0.2) is 24.3 Å². The summed E-state index contributed by atoms with van der Waals surface area (Å²) in [6.45, 7) is 21.7. The molecular weight excluding hydrogens is 1090 g/mol. The molecule has 3 aromatic rings. The summed E-state index contributed by atoms with van der Waals surface area (Å²) in [5.74, 6) is 0.526. The van der Waals surface area contributed by atoms with Crippen LogP contribution in [-0.2, 0) is 39.8 Å². The van der Waals surface area contributed by atoms with Gasteiger partial charge in [0.1, 0.15) is 23.8 Å². The number of anilines is 1. The number of nitrogens with zero attached hydrogens (tertiary/aromatic N) is 4. The number of aromatic nitrogens is 2. The second-order valence-corrected chi connectivity index (χ2v) is 26.2. The first-order chi connectivity index (χ1) is 42.1. The average molecular weight is 1220 g/mol. The first-order valence-electron chi connectivity index (χ1n) is 36.1. The van der Waals surface area contributed by atoms with Crippen LogP contribution in [0.2, 0.25) is 0 Å². The summed E-state index contributed by atoms with van der Waals surface area (Å²) in [4.78, 5) is 66.5. The number of ether oxygens (including phenoxy) is 3. The molecule has 1 aromatic carbocycles. The Labute approximate surface area is 529 Å². The highest BCUT2D eigenvalue weighted by atomic mass is 32.1. The zero-order chi connectivity index (χ0) is 62.1. The van der Waals surface area contributed by atoms with E-state index < -0.39 is 0 Å². The van der Waals surface area contributed by atoms with Crippen molar-refractivity contribution in [1.82, 2.24) is 19.8 Å². The Morgan fingerprint density at radius 3 is 1.21 bits per heavy atom. The van der Waals surface area contributed by atoms with Crippen LogP contribution in [0.25, 0.3) is 21.1 Å². The van der Waals surface area contributed by atoms with Gasteiger partial charge < -0.3 is 29.3 Å². The average Bonchev–Trinajstić information content (AvgIpc) is 1.69. The Hall–Kier alpha value is -3.68. The molecule has 0 saturated carbocycles. The maximum absolute atomic E-state index is 13.5. The third-order valence-electron chi connectivity index (χ3n) is 17.3. The lowest BCUT2D eigenvalue weighted by molar-refractivity contribution is -0.150. The molecule has 2 aromatic heterocycles. The number of hydrogen-bond donors (Lipinski definition) is 1. The number of aryl methyl sites for hydroxylation is 1. The number of carbonyl (C=O) groups is 4. The quantitative estimate of drug-likeness (QED) is 0.0328. The van der Waals surface area contributed by atoms with Crippen molar-refractivity contribution in [2.45, 2.75) is 343 Å². The molecule has 0 aliphatic carbocycles. The van der Waals surface area contributed by atoms with Gasteiger partial charge >= 0.3 is 17.9 Å². The van der Waals surface area contributed by atoms with Gasteiger partial charge in [0.15, 0.2) is 5.82 Å². The number of amides is 1. The number of rotatable bonds is 58. The number of nitrogens with one attached hydrogen (secondary N) is 1. The van der Waals surface area contributed by atoms with Crippen molar-refractivity contribution in [2.24, 2.45) is 0 Å². The van der Waals surface area contributed by atoms with E-state index in [2.05, 4.69) is 69.6 Å². The lowest BCUT2D eigenvalue weighted by Gasteiger charge is -2.26. The number of para-hydroxylation sites is 1. The Balaban J connectivity index is 1.53.